The van der Waals surface area contributed by atoms with Crippen LogP contribution in [0.2, 0.25) is 0 Å². The second-order valence-corrected chi connectivity index (χ2v) is 5.54. The number of carbonyl (C=O) groups is 1. The molecule has 0 aromatic heterocycles. The van der Waals surface area contributed by atoms with Crippen LogP contribution in [0.25, 0.3) is 0 Å². The van der Waals surface area contributed by atoms with Gasteiger partial charge < -0.3 is 5.32 Å². The van der Waals surface area contributed by atoms with Crippen molar-refractivity contribution >= 4 is 21.8 Å². The third-order valence-corrected chi connectivity index (χ3v) is 4.27. The molecular formula is C14H19BrN2O. The Morgan fingerprint density at radius 1 is 1.44 bits per heavy atom. The lowest BCUT2D eigenvalue weighted by molar-refractivity contribution is -0.127. The molecule has 1 N–H and O–H groups in total. The molecule has 0 aliphatic carbocycles. The van der Waals surface area contributed by atoms with E-state index in [-0.39, 0.29) is 11.9 Å². The molecule has 1 aromatic rings. The van der Waals surface area contributed by atoms with Gasteiger partial charge in [-0.1, -0.05) is 40.5 Å². The van der Waals surface area contributed by atoms with Gasteiger partial charge in [-0.3, -0.25) is 9.69 Å². The van der Waals surface area contributed by atoms with Crippen LogP contribution in [0.3, 0.4) is 0 Å². The molecule has 1 aromatic carbocycles. The van der Waals surface area contributed by atoms with Gasteiger partial charge in [-0.2, -0.15) is 0 Å². The third-order valence-electron chi connectivity index (χ3n) is 3.49. The second kappa shape index (κ2) is 6.34. The Hall–Kier alpha value is -0.870. The van der Waals surface area contributed by atoms with Crippen molar-refractivity contribution in [2.24, 2.45) is 0 Å². The van der Waals surface area contributed by atoms with E-state index in [1.807, 2.05) is 18.2 Å². The number of benzene rings is 1. The van der Waals surface area contributed by atoms with Gasteiger partial charge in [-0.15, -0.1) is 0 Å². The van der Waals surface area contributed by atoms with E-state index in [4.69, 9.17) is 0 Å². The van der Waals surface area contributed by atoms with E-state index in [1.54, 1.807) is 7.05 Å². The van der Waals surface area contributed by atoms with Gasteiger partial charge in [0.25, 0.3) is 0 Å². The normalized spacial score (nSPS) is 20.7. The van der Waals surface area contributed by atoms with Crippen molar-refractivity contribution in [3.63, 3.8) is 0 Å². The summed E-state index contributed by atoms with van der Waals surface area (Å²) in [4.78, 5) is 14.2. The van der Waals surface area contributed by atoms with Gasteiger partial charge >= 0.3 is 0 Å². The summed E-state index contributed by atoms with van der Waals surface area (Å²) in [6.45, 7) is 1.83. The standard InChI is InChI=1S/C14H19BrN2O/c1-16-14(18)13-8-4-5-9-17(13)10-11-6-2-3-7-12(11)15/h2-3,6-7,13H,4-5,8-10H2,1H3,(H,16,18). The first-order valence-electron chi connectivity index (χ1n) is 6.41. The second-order valence-electron chi connectivity index (χ2n) is 4.69. The lowest BCUT2D eigenvalue weighted by Gasteiger charge is -2.34. The van der Waals surface area contributed by atoms with Gasteiger partial charge in [-0.05, 0) is 31.0 Å². The summed E-state index contributed by atoms with van der Waals surface area (Å²) in [6.07, 6.45) is 3.28. The number of likely N-dealkylation sites (N-methyl/N-ethyl adjacent to an activating group) is 1. The highest BCUT2D eigenvalue weighted by atomic mass is 79.9. The number of piperidine rings is 1. The van der Waals surface area contributed by atoms with Gasteiger partial charge in [0.15, 0.2) is 0 Å². The number of halogens is 1. The van der Waals surface area contributed by atoms with Crippen molar-refractivity contribution in [2.45, 2.75) is 31.8 Å². The Labute approximate surface area is 117 Å². The van der Waals surface area contributed by atoms with Crippen molar-refractivity contribution in [3.8, 4) is 0 Å². The van der Waals surface area contributed by atoms with Crippen LogP contribution in [0.1, 0.15) is 24.8 Å². The number of hydrogen-bond acceptors (Lipinski definition) is 2. The van der Waals surface area contributed by atoms with Crippen molar-refractivity contribution in [1.29, 1.82) is 0 Å². The van der Waals surface area contributed by atoms with Gasteiger partial charge in [0, 0.05) is 18.1 Å². The van der Waals surface area contributed by atoms with E-state index in [1.165, 1.54) is 12.0 Å². The number of amides is 1. The molecule has 0 saturated carbocycles. The van der Waals surface area contributed by atoms with E-state index in [2.05, 4.69) is 32.2 Å². The summed E-state index contributed by atoms with van der Waals surface area (Å²) < 4.78 is 1.12. The summed E-state index contributed by atoms with van der Waals surface area (Å²) in [5.74, 6) is 0.141. The number of hydrogen-bond donors (Lipinski definition) is 1. The molecule has 1 heterocycles. The molecule has 1 aliphatic rings. The lowest BCUT2D eigenvalue weighted by Crippen LogP contribution is -2.48. The van der Waals surface area contributed by atoms with Crippen LogP contribution < -0.4 is 5.32 Å². The van der Waals surface area contributed by atoms with E-state index < -0.39 is 0 Å². The third kappa shape index (κ3) is 3.12. The van der Waals surface area contributed by atoms with E-state index in [9.17, 15) is 4.79 Å². The minimum atomic E-state index is 0.0239. The number of carbonyl (C=O) groups excluding carboxylic acids is 1. The van der Waals surface area contributed by atoms with Gasteiger partial charge in [-0.25, -0.2) is 0 Å². The molecule has 1 amide bonds. The summed E-state index contributed by atoms with van der Waals surface area (Å²) in [6, 6.07) is 8.24. The summed E-state index contributed by atoms with van der Waals surface area (Å²) in [5.41, 5.74) is 1.24. The first kappa shape index (κ1) is 13.6. The Morgan fingerprint density at radius 2 is 2.22 bits per heavy atom. The fraction of sp³-hybridized carbons (Fsp3) is 0.500. The van der Waals surface area contributed by atoms with Crippen LogP contribution in [0.4, 0.5) is 0 Å². The minimum Gasteiger partial charge on any atom is -0.358 e. The SMILES string of the molecule is CNC(=O)C1CCCCN1Cc1ccccc1Br. The Bertz CT molecular complexity index is 422. The highest BCUT2D eigenvalue weighted by Gasteiger charge is 2.28. The number of nitrogens with zero attached hydrogens (tertiary/aromatic N) is 1. The van der Waals surface area contributed by atoms with Crippen LogP contribution in [0.5, 0.6) is 0 Å². The number of likely N-dealkylation sites (tertiary alicyclic amines) is 1. The average molecular weight is 311 g/mol. The van der Waals surface area contributed by atoms with Gasteiger partial charge in [0.1, 0.15) is 0 Å². The summed E-state index contributed by atoms with van der Waals surface area (Å²) >= 11 is 3.57. The first-order chi connectivity index (χ1) is 8.72. The molecule has 1 unspecified atom stereocenters. The molecule has 98 valence electrons. The zero-order chi connectivity index (χ0) is 13.0. The van der Waals surface area contributed by atoms with E-state index in [0.29, 0.717) is 0 Å². The number of rotatable bonds is 3. The average Bonchev–Trinajstić information content (AvgIpc) is 2.41. The highest BCUT2D eigenvalue weighted by Crippen LogP contribution is 2.23. The maximum atomic E-state index is 11.9. The van der Waals surface area contributed by atoms with Crippen molar-refractivity contribution in [3.05, 3.63) is 34.3 Å². The Balaban J connectivity index is 2.10. The molecule has 1 fully saturated rings. The highest BCUT2D eigenvalue weighted by molar-refractivity contribution is 9.10. The quantitative estimate of drug-likeness (QED) is 0.930. The van der Waals surface area contributed by atoms with Crippen LogP contribution in [0.15, 0.2) is 28.7 Å². The predicted molar refractivity (Wildman–Crippen MR) is 76.3 cm³/mol. The predicted octanol–water partition coefficient (Wildman–Crippen LogP) is 2.55. The van der Waals surface area contributed by atoms with E-state index in [0.717, 1.165) is 30.4 Å². The smallest absolute Gasteiger partial charge is 0.237 e. The minimum absolute atomic E-state index is 0.0239. The monoisotopic (exact) mass is 310 g/mol. The molecule has 0 radical (unpaired) electrons. The molecule has 18 heavy (non-hydrogen) atoms. The fourth-order valence-corrected chi connectivity index (χ4v) is 2.90. The van der Waals surface area contributed by atoms with Crippen molar-refractivity contribution in [2.75, 3.05) is 13.6 Å². The Morgan fingerprint density at radius 3 is 2.94 bits per heavy atom. The fourth-order valence-electron chi connectivity index (χ4n) is 2.49. The maximum absolute atomic E-state index is 11.9. The zero-order valence-electron chi connectivity index (χ0n) is 10.7. The summed E-state index contributed by atoms with van der Waals surface area (Å²) in [7, 11) is 1.72. The van der Waals surface area contributed by atoms with Gasteiger partial charge in [0.05, 0.1) is 6.04 Å². The molecule has 4 heteroatoms. The molecule has 1 aliphatic heterocycles. The van der Waals surface area contributed by atoms with Crippen molar-refractivity contribution < 1.29 is 4.79 Å². The largest absolute Gasteiger partial charge is 0.358 e. The van der Waals surface area contributed by atoms with Crippen molar-refractivity contribution in [1.82, 2.24) is 10.2 Å². The molecular weight excluding hydrogens is 292 g/mol. The molecule has 2 rings (SSSR count). The molecule has 0 bridgehead atoms. The topological polar surface area (TPSA) is 32.3 Å². The van der Waals surface area contributed by atoms with Gasteiger partial charge in [0.2, 0.25) is 5.91 Å². The maximum Gasteiger partial charge on any atom is 0.237 e. The molecule has 1 saturated heterocycles. The lowest BCUT2D eigenvalue weighted by atomic mass is 10.0. The summed E-state index contributed by atoms with van der Waals surface area (Å²) in [5, 5.41) is 2.77. The molecule has 0 spiro atoms. The number of nitrogens with one attached hydrogen (secondary N) is 1. The van der Waals surface area contributed by atoms with Crippen LogP contribution in [-0.2, 0) is 11.3 Å². The molecule has 3 nitrogen and oxygen atoms in total. The van der Waals surface area contributed by atoms with Crippen LogP contribution in [-0.4, -0.2) is 30.4 Å². The molecule has 1 atom stereocenters. The van der Waals surface area contributed by atoms with E-state index >= 15 is 0 Å². The first-order valence-corrected chi connectivity index (χ1v) is 7.20. The Kier molecular flexibility index (Phi) is 4.78. The van der Waals surface area contributed by atoms with Crippen LogP contribution in [0, 0.1) is 0 Å². The zero-order valence-corrected chi connectivity index (χ0v) is 12.2. The van der Waals surface area contributed by atoms with Crippen LogP contribution >= 0.6 is 15.9 Å².